The minimum absolute atomic E-state index is 0.325. The fourth-order valence-corrected chi connectivity index (χ4v) is 1.93. The molecule has 1 N–H and O–H groups in total. The molecule has 0 radical (unpaired) electrons. The molecule has 1 heterocycles. The molecule has 1 aromatic rings. The molecule has 1 aliphatic rings. The van der Waals surface area contributed by atoms with Gasteiger partial charge in [-0.05, 0) is 43.5 Å². The molecule has 2 rings (SSSR count). The second-order valence-corrected chi connectivity index (χ2v) is 4.13. The molecule has 0 saturated carbocycles. The van der Waals surface area contributed by atoms with Crippen molar-refractivity contribution in [2.45, 2.75) is 12.8 Å². The average Bonchev–Trinajstić information content (AvgIpc) is 2.32. The molecule has 0 bridgehead atoms. The van der Waals surface area contributed by atoms with Crippen molar-refractivity contribution in [1.29, 1.82) is 0 Å². The zero-order valence-corrected chi connectivity index (χ0v) is 9.05. The molecule has 1 saturated heterocycles. The predicted octanol–water partition coefficient (Wildman–Crippen LogP) is 2.98. The van der Waals surface area contributed by atoms with Crippen molar-refractivity contribution in [1.82, 2.24) is 5.32 Å². The van der Waals surface area contributed by atoms with Gasteiger partial charge >= 0.3 is 0 Å². The number of piperidine rings is 1. The van der Waals surface area contributed by atoms with E-state index in [9.17, 15) is 8.78 Å². The first-order valence-electron chi connectivity index (χ1n) is 5.59. The molecule has 0 aliphatic carbocycles. The van der Waals surface area contributed by atoms with Gasteiger partial charge in [0.25, 0.3) is 0 Å². The highest BCUT2D eigenvalue weighted by Gasteiger charge is 2.09. The van der Waals surface area contributed by atoms with Crippen LogP contribution in [0.2, 0.25) is 0 Å². The Balaban J connectivity index is 2.07. The van der Waals surface area contributed by atoms with Gasteiger partial charge in [0.05, 0.1) is 0 Å². The number of benzene rings is 1. The third-order valence-electron chi connectivity index (χ3n) is 2.84. The fourth-order valence-electron chi connectivity index (χ4n) is 1.93. The zero-order valence-electron chi connectivity index (χ0n) is 9.05. The Hall–Kier alpha value is -1.22. The van der Waals surface area contributed by atoms with Crippen LogP contribution < -0.4 is 5.32 Å². The van der Waals surface area contributed by atoms with Gasteiger partial charge in [-0.2, -0.15) is 0 Å². The first-order valence-corrected chi connectivity index (χ1v) is 5.59. The Morgan fingerprint density at radius 2 is 2.19 bits per heavy atom. The Bertz CT molecular complexity index is 382. The molecule has 1 unspecified atom stereocenters. The molecule has 16 heavy (non-hydrogen) atoms. The van der Waals surface area contributed by atoms with Gasteiger partial charge in [-0.15, -0.1) is 0 Å². The number of hydrogen-bond acceptors (Lipinski definition) is 1. The zero-order chi connectivity index (χ0) is 11.4. The molecule has 1 aromatic carbocycles. The summed E-state index contributed by atoms with van der Waals surface area (Å²) in [6, 6.07) is 3.52. The van der Waals surface area contributed by atoms with E-state index in [1.165, 1.54) is 6.07 Å². The second-order valence-electron chi connectivity index (χ2n) is 4.13. The van der Waals surface area contributed by atoms with Crippen LogP contribution in [0.3, 0.4) is 0 Å². The van der Waals surface area contributed by atoms with Gasteiger partial charge in [0.2, 0.25) is 0 Å². The van der Waals surface area contributed by atoms with Crippen LogP contribution in [0.5, 0.6) is 0 Å². The molecule has 1 aliphatic heterocycles. The van der Waals surface area contributed by atoms with E-state index in [0.29, 0.717) is 11.5 Å². The molecular formula is C13H15F2N. The van der Waals surface area contributed by atoms with Crippen LogP contribution >= 0.6 is 0 Å². The van der Waals surface area contributed by atoms with Crippen LogP contribution in [0.4, 0.5) is 8.78 Å². The van der Waals surface area contributed by atoms with E-state index in [-0.39, 0.29) is 5.82 Å². The standard InChI is InChI=1S/C13H15F2N/c14-12-5-6-13(15)11(8-12)4-3-10-2-1-7-16-9-10/h3-6,8,10,16H,1-2,7,9H2/b4-3+. The summed E-state index contributed by atoms with van der Waals surface area (Å²) in [6.45, 7) is 1.98. The summed E-state index contributed by atoms with van der Waals surface area (Å²) >= 11 is 0. The molecule has 0 aromatic heterocycles. The van der Waals surface area contributed by atoms with Gasteiger partial charge < -0.3 is 5.32 Å². The Morgan fingerprint density at radius 1 is 1.31 bits per heavy atom. The summed E-state index contributed by atoms with van der Waals surface area (Å²) in [4.78, 5) is 0. The van der Waals surface area contributed by atoms with Crippen LogP contribution in [0, 0.1) is 17.6 Å². The van der Waals surface area contributed by atoms with Crippen molar-refractivity contribution in [2.24, 2.45) is 5.92 Å². The largest absolute Gasteiger partial charge is 0.316 e. The van der Waals surface area contributed by atoms with E-state index in [2.05, 4.69) is 5.32 Å². The van der Waals surface area contributed by atoms with Crippen LogP contribution in [0.1, 0.15) is 18.4 Å². The van der Waals surface area contributed by atoms with E-state index in [4.69, 9.17) is 0 Å². The summed E-state index contributed by atoms with van der Waals surface area (Å²) in [7, 11) is 0. The van der Waals surface area contributed by atoms with E-state index in [0.717, 1.165) is 38.1 Å². The lowest BCUT2D eigenvalue weighted by Gasteiger charge is -2.19. The normalized spacial score (nSPS) is 21.5. The molecule has 0 spiro atoms. The Kier molecular flexibility index (Phi) is 3.67. The summed E-state index contributed by atoms with van der Waals surface area (Å²) in [5, 5.41) is 3.28. The molecule has 1 fully saturated rings. The Labute approximate surface area is 94.2 Å². The first-order chi connectivity index (χ1) is 7.75. The summed E-state index contributed by atoms with van der Waals surface area (Å²) in [5.41, 5.74) is 0.325. The van der Waals surface area contributed by atoms with E-state index >= 15 is 0 Å². The summed E-state index contributed by atoms with van der Waals surface area (Å²) < 4.78 is 26.2. The van der Waals surface area contributed by atoms with Gasteiger partial charge in [-0.3, -0.25) is 0 Å². The van der Waals surface area contributed by atoms with Gasteiger partial charge in [0.15, 0.2) is 0 Å². The van der Waals surface area contributed by atoms with Crippen molar-refractivity contribution < 1.29 is 8.78 Å². The molecule has 1 nitrogen and oxygen atoms in total. The minimum Gasteiger partial charge on any atom is -0.316 e. The lowest BCUT2D eigenvalue weighted by Crippen LogP contribution is -2.28. The maximum absolute atomic E-state index is 13.3. The molecule has 1 atom stereocenters. The topological polar surface area (TPSA) is 12.0 Å². The molecule has 86 valence electrons. The summed E-state index contributed by atoms with van der Waals surface area (Å²) in [5.74, 6) is -0.347. The van der Waals surface area contributed by atoms with Crippen molar-refractivity contribution in [3.05, 3.63) is 41.5 Å². The van der Waals surface area contributed by atoms with Crippen LogP contribution in [-0.2, 0) is 0 Å². The highest BCUT2D eigenvalue weighted by Crippen LogP contribution is 2.16. The van der Waals surface area contributed by atoms with Gasteiger partial charge in [-0.25, -0.2) is 8.78 Å². The minimum atomic E-state index is -0.400. The van der Waals surface area contributed by atoms with Crippen molar-refractivity contribution in [3.8, 4) is 0 Å². The summed E-state index contributed by atoms with van der Waals surface area (Å²) in [6.07, 6.45) is 5.89. The van der Waals surface area contributed by atoms with E-state index in [1.807, 2.05) is 6.08 Å². The van der Waals surface area contributed by atoms with Crippen molar-refractivity contribution in [2.75, 3.05) is 13.1 Å². The van der Waals surface area contributed by atoms with Gasteiger partial charge in [0, 0.05) is 12.1 Å². The SMILES string of the molecule is Fc1ccc(F)c(/C=C/C2CCCNC2)c1. The van der Waals surface area contributed by atoms with E-state index in [1.54, 1.807) is 6.08 Å². The predicted molar refractivity (Wildman–Crippen MR) is 61.0 cm³/mol. The fraction of sp³-hybridized carbons (Fsp3) is 0.385. The lowest BCUT2D eigenvalue weighted by molar-refractivity contribution is 0.439. The first kappa shape index (κ1) is 11.3. The number of halogens is 2. The van der Waals surface area contributed by atoms with Crippen molar-refractivity contribution >= 4 is 6.08 Å². The monoisotopic (exact) mass is 223 g/mol. The maximum Gasteiger partial charge on any atom is 0.130 e. The maximum atomic E-state index is 13.3. The van der Waals surface area contributed by atoms with Gasteiger partial charge in [0.1, 0.15) is 11.6 Å². The number of hydrogen-bond donors (Lipinski definition) is 1. The highest BCUT2D eigenvalue weighted by atomic mass is 19.1. The average molecular weight is 223 g/mol. The molecule has 3 heteroatoms. The number of rotatable bonds is 2. The lowest BCUT2D eigenvalue weighted by atomic mass is 9.98. The number of nitrogens with one attached hydrogen (secondary N) is 1. The third kappa shape index (κ3) is 2.89. The quantitative estimate of drug-likeness (QED) is 0.812. The van der Waals surface area contributed by atoms with E-state index < -0.39 is 5.82 Å². The third-order valence-corrected chi connectivity index (χ3v) is 2.84. The van der Waals surface area contributed by atoms with Crippen LogP contribution in [-0.4, -0.2) is 13.1 Å². The van der Waals surface area contributed by atoms with Gasteiger partial charge in [-0.1, -0.05) is 12.2 Å². The van der Waals surface area contributed by atoms with Crippen LogP contribution in [0.15, 0.2) is 24.3 Å². The highest BCUT2D eigenvalue weighted by molar-refractivity contribution is 5.50. The van der Waals surface area contributed by atoms with Crippen molar-refractivity contribution in [3.63, 3.8) is 0 Å². The molecular weight excluding hydrogens is 208 g/mol. The molecule has 0 amide bonds. The smallest absolute Gasteiger partial charge is 0.130 e. The second kappa shape index (κ2) is 5.21. The Morgan fingerprint density at radius 3 is 2.94 bits per heavy atom. The van der Waals surface area contributed by atoms with Crippen LogP contribution in [0.25, 0.3) is 6.08 Å².